The fraction of sp³-hybridized carbons (Fsp3) is 0.143. The Kier molecular flexibility index (Phi) is 2.90. The maximum atomic E-state index is 11.6. The molecule has 98 valence electrons. The first-order valence-corrected chi connectivity index (χ1v) is 5.56. The van der Waals surface area contributed by atoms with Crippen molar-refractivity contribution in [1.82, 2.24) is 0 Å². The smallest absolute Gasteiger partial charge is 0.229 e. The van der Waals surface area contributed by atoms with E-state index in [1.165, 1.54) is 19.1 Å². The number of aliphatic hydroxyl groups is 1. The van der Waals surface area contributed by atoms with Gasteiger partial charge in [-0.2, -0.15) is 0 Å². The summed E-state index contributed by atoms with van der Waals surface area (Å²) < 4.78 is 0. The number of hydrogen-bond donors (Lipinski definition) is 3. The van der Waals surface area contributed by atoms with E-state index >= 15 is 0 Å². The molecule has 0 atom stereocenters. The average molecular weight is 260 g/mol. The Labute approximate surface area is 109 Å². The summed E-state index contributed by atoms with van der Waals surface area (Å²) in [4.78, 5) is 22.9. The number of ketones is 2. The van der Waals surface area contributed by atoms with Gasteiger partial charge in [-0.1, -0.05) is 0 Å². The number of aromatic hydroxyl groups is 2. The van der Waals surface area contributed by atoms with E-state index in [2.05, 4.69) is 0 Å². The minimum atomic E-state index is -0.829. The molecule has 19 heavy (non-hydrogen) atoms. The van der Waals surface area contributed by atoms with Crippen LogP contribution in [0.2, 0.25) is 0 Å². The van der Waals surface area contributed by atoms with Crippen LogP contribution in [0.15, 0.2) is 29.5 Å². The van der Waals surface area contributed by atoms with E-state index in [9.17, 15) is 24.9 Å². The molecule has 0 saturated carbocycles. The van der Waals surface area contributed by atoms with Gasteiger partial charge in [0.2, 0.25) is 11.6 Å². The zero-order valence-electron chi connectivity index (χ0n) is 10.4. The highest BCUT2D eigenvalue weighted by Crippen LogP contribution is 2.40. The van der Waals surface area contributed by atoms with E-state index in [0.29, 0.717) is 5.56 Å². The van der Waals surface area contributed by atoms with Crippen LogP contribution in [0, 0.1) is 6.92 Å². The summed E-state index contributed by atoms with van der Waals surface area (Å²) in [6, 6.07) is 2.78. The van der Waals surface area contributed by atoms with Crippen LogP contribution in [0.1, 0.15) is 18.1 Å². The lowest BCUT2D eigenvalue weighted by Crippen LogP contribution is -2.19. The number of hydrogen-bond acceptors (Lipinski definition) is 5. The lowest BCUT2D eigenvalue weighted by atomic mass is 9.89. The number of carbonyl (C=O) groups is 2. The van der Waals surface area contributed by atoms with Crippen molar-refractivity contribution >= 4 is 17.1 Å². The number of aryl methyl sites for hydroxylation is 1. The number of phenols is 2. The Hall–Kier alpha value is -2.56. The summed E-state index contributed by atoms with van der Waals surface area (Å²) in [5.74, 6) is -2.59. The molecule has 0 radical (unpaired) electrons. The molecule has 2 rings (SSSR count). The zero-order chi connectivity index (χ0) is 14.3. The second-order valence-corrected chi connectivity index (χ2v) is 4.40. The van der Waals surface area contributed by atoms with Crippen molar-refractivity contribution in [2.24, 2.45) is 0 Å². The third-order valence-electron chi connectivity index (χ3n) is 2.95. The minimum absolute atomic E-state index is 0.0144. The first-order valence-electron chi connectivity index (χ1n) is 5.56. The lowest BCUT2D eigenvalue weighted by Gasteiger charge is -2.17. The number of Topliss-reactive ketones (excluding diaryl/α,β-unsaturated/α-hetero) is 1. The first-order chi connectivity index (χ1) is 8.82. The standard InChI is InChI=1S/C14H12O5/c1-6-3-8(15)13(9(16)4-6)12-7(2)14(19)11(18)5-10(12)17/h3-5,15-17H,1-2H3. The second-order valence-electron chi connectivity index (χ2n) is 4.40. The molecule has 5 heteroatoms. The van der Waals surface area contributed by atoms with Crippen molar-refractivity contribution < 1.29 is 24.9 Å². The molecule has 1 aromatic rings. The Morgan fingerprint density at radius 1 is 0.947 bits per heavy atom. The van der Waals surface area contributed by atoms with E-state index in [1.807, 2.05) is 0 Å². The summed E-state index contributed by atoms with van der Waals surface area (Å²) in [5.41, 5.74) is 0.524. The monoisotopic (exact) mass is 260 g/mol. The summed E-state index contributed by atoms with van der Waals surface area (Å²) >= 11 is 0. The van der Waals surface area contributed by atoms with Crippen molar-refractivity contribution in [3.8, 4) is 11.5 Å². The van der Waals surface area contributed by atoms with Crippen LogP contribution in [-0.4, -0.2) is 26.9 Å². The molecule has 0 fully saturated rings. The fourth-order valence-corrected chi connectivity index (χ4v) is 2.07. The summed E-state index contributed by atoms with van der Waals surface area (Å²) in [5, 5.41) is 29.6. The van der Waals surface area contributed by atoms with E-state index < -0.39 is 17.3 Å². The highest BCUT2D eigenvalue weighted by atomic mass is 16.3. The van der Waals surface area contributed by atoms with Crippen LogP contribution in [0.3, 0.4) is 0 Å². The summed E-state index contributed by atoms with van der Waals surface area (Å²) in [6.45, 7) is 3.03. The average Bonchev–Trinajstić information content (AvgIpc) is 2.29. The van der Waals surface area contributed by atoms with Gasteiger partial charge in [0, 0.05) is 17.2 Å². The molecule has 0 saturated heterocycles. The van der Waals surface area contributed by atoms with Gasteiger partial charge in [0.05, 0.1) is 5.56 Å². The van der Waals surface area contributed by atoms with Crippen LogP contribution < -0.4 is 0 Å². The second kappa shape index (κ2) is 4.28. The largest absolute Gasteiger partial charge is 0.507 e. The number of aliphatic hydroxyl groups excluding tert-OH is 1. The third kappa shape index (κ3) is 1.99. The normalized spacial score (nSPS) is 15.8. The predicted molar refractivity (Wildman–Crippen MR) is 67.8 cm³/mol. The molecule has 5 nitrogen and oxygen atoms in total. The predicted octanol–water partition coefficient (Wildman–Crippen LogP) is 1.77. The van der Waals surface area contributed by atoms with Crippen molar-refractivity contribution in [3.05, 3.63) is 40.7 Å². The highest BCUT2D eigenvalue weighted by Gasteiger charge is 2.29. The number of carbonyl (C=O) groups excluding carboxylic acids is 2. The molecular formula is C14H12O5. The lowest BCUT2D eigenvalue weighted by molar-refractivity contribution is -0.131. The molecule has 1 aromatic carbocycles. The molecule has 3 N–H and O–H groups in total. The molecule has 0 aromatic heterocycles. The van der Waals surface area contributed by atoms with Gasteiger partial charge < -0.3 is 15.3 Å². The Morgan fingerprint density at radius 2 is 1.47 bits per heavy atom. The maximum absolute atomic E-state index is 11.6. The van der Waals surface area contributed by atoms with Gasteiger partial charge in [0.25, 0.3) is 0 Å². The Bertz CT molecular complexity index is 641. The Morgan fingerprint density at radius 3 is 2.00 bits per heavy atom. The van der Waals surface area contributed by atoms with Crippen LogP contribution in [0.25, 0.3) is 5.57 Å². The van der Waals surface area contributed by atoms with Gasteiger partial charge in [0.15, 0.2) is 0 Å². The van der Waals surface area contributed by atoms with Crippen molar-refractivity contribution in [2.75, 3.05) is 0 Å². The van der Waals surface area contributed by atoms with Crippen molar-refractivity contribution in [1.29, 1.82) is 0 Å². The summed E-state index contributed by atoms with van der Waals surface area (Å²) in [6.07, 6.45) is 0.781. The van der Waals surface area contributed by atoms with Crippen molar-refractivity contribution in [3.63, 3.8) is 0 Å². The van der Waals surface area contributed by atoms with Gasteiger partial charge in [-0.15, -0.1) is 0 Å². The van der Waals surface area contributed by atoms with Crippen LogP contribution >= 0.6 is 0 Å². The van der Waals surface area contributed by atoms with E-state index in [4.69, 9.17) is 0 Å². The van der Waals surface area contributed by atoms with Crippen molar-refractivity contribution in [2.45, 2.75) is 13.8 Å². The molecule has 0 spiro atoms. The molecular weight excluding hydrogens is 248 g/mol. The molecule has 0 amide bonds. The number of rotatable bonds is 1. The van der Waals surface area contributed by atoms with E-state index in [-0.39, 0.29) is 28.2 Å². The fourth-order valence-electron chi connectivity index (χ4n) is 2.07. The van der Waals surface area contributed by atoms with E-state index in [0.717, 1.165) is 6.08 Å². The van der Waals surface area contributed by atoms with Gasteiger partial charge in [0.1, 0.15) is 17.3 Å². The van der Waals surface area contributed by atoms with Gasteiger partial charge in [-0.25, -0.2) is 0 Å². The molecule has 0 heterocycles. The summed E-state index contributed by atoms with van der Waals surface area (Å²) in [7, 11) is 0. The molecule has 0 unspecified atom stereocenters. The molecule has 1 aliphatic rings. The molecule has 0 aliphatic heterocycles. The molecule has 0 bridgehead atoms. The topological polar surface area (TPSA) is 94.8 Å². The SMILES string of the molecule is CC1=C(c2c(O)cc(C)cc2O)C(O)=CC(=O)C1=O. The quantitative estimate of drug-likeness (QED) is 0.528. The van der Waals surface area contributed by atoms with Crippen LogP contribution in [0.5, 0.6) is 11.5 Å². The number of phenolic OH excluding ortho intramolecular Hbond substituents is 2. The third-order valence-corrected chi connectivity index (χ3v) is 2.95. The zero-order valence-corrected chi connectivity index (χ0v) is 10.4. The first kappa shape index (κ1) is 12.9. The Balaban J connectivity index is 2.75. The van der Waals surface area contributed by atoms with Crippen LogP contribution in [0.4, 0.5) is 0 Å². The number of benzene rings is 1. The van der Waals surface area contributed by atoms with Gasteiger partial charge in [-0.3, -0.25) is 9.59 Å². The van der Waals surface area contributed by atoms with Gasteiger partial charge in [-0.05, 0) is 31.5 Å². The maximum Gasteiger partial charge on any atom is 0.229 e. The van der Waals surface area contributed by atoms with Crippen LogP contribution in [-0.2, 0) is 9.59 Å². The highest BCUT2D eigenvalue weighted by molar-refractivity contribution is 6.50. The van der Waals surface area contributed by atoms with E-state index in [1.54, 1.807) is 6.92 Å². The van der Waals surface area contributed by atoms with Gasteiger partial charge >= 0.3 is 0 Å². The molecule has 1 aliphatic carbocycles. The minimum Gasteiger partial charge on any atom is -0.507 e. The number of allylic oxidation sites excluding steroid dienone is 3.